The molecule has 4 nitrogen and oxygen atoms in total. The molecular formula is C14H24O4. The van der Waals surface area contributed by atoms with E-state index in [0.717, 1.165) is 25.7 Å². The molecule has 0 aromatic carbocycles. The molecule has 0 heterocycles. The van der Waals surface area contributed by atoms with Gasteiger partial charge in [-0.25, -0.2) is 9.59 Å². The molecule has 4 heteroatoms. The number of carbonyl (C=O) groups excluding carboxylic acids is 2. The minimum absolute atomic E-state index is 0.275. The molecule has 0 aliphatic rings. The number of unbranched alkanes of at least 4 members (excludes halogenated alkanes) is 1. The Hall–Kier alpha value is -1.32. The van der Waals surface area contributed by atoms with Crippen molar-refractivity contribution in [2.45, 2.75) is 46.5 Å². The quantitative estimate of drug-likeness (QED) is 0.470. The van der Waals surface area contributed by atoms with Gasteiger partial charge >= 0.3 is 11.9 Å². The maximum Gasteiger partial charge on any atom is 0.344 e. The van der Waals surface area contributed by atoms with E-state index in [2.05, 4.69) is 20.4 Å². The molecule has 0 aromatic heterocycles. The Bertz CT molecular complexity index is 284. The van der Waals surface area contributed by atoms with E-state index >= 15 is 0 Å². The number of carbonyl (C=O) groups is 2. The van der Waals surface area contributed by atoms with Crippen LogP contribution in [0.3, 0.4) is 0 Å². The van der Waals surface area contributed by atoms with E-state index in [-0.39, 0.29) is 12.2 Å². The standard InChI is InChI=1S/C14H24O4/c1-5-7-8-12(6-2)9-17-13(15)10-18-14(16)11(3)4/h12H,3,5-10H2,1-2,4H3. The molecule has 0 amide bonds. The Labute approximate surface area is 109 Å². The summed E-state index contributed by atoms with van der Waals surface area (Å²) in [4.78, 5) is 22.4. The molecule has 18 heavy (non-hydrogen) atoms. The highest BCUT2D eigenvalue weighted by atomic mass is 16.6. The lowest BCUT2D eigenvalue weighted by Gasteiger charge is -2.14. The minimum Gasteiger partial charge on any atom is -0.463 e. The first-order valence-electron chi connectivity index (χ1n) is 6.49. The van der Waals surface area contributed by atoms with Crippen LogP contribution >= 0.6 is 0 Å². The van der Waals surface area contributed by atoms with Crippen LogP contribution in [-0.2, 0) is 19.1 Å². The zero-order valence-corrected chi connectivity index (χ0v) is 11.7. The van der Waals surface area contributed by atoms with Gasteiger partial charge in [-0.2, -0.15) is 0 Å². The molecule has 0 saturated heterocycles. The molecule has 0 rings (SSSR count). The van der Waals surface area contributed by atoms with Crippen LogP contribution in [0.15, 0.2) is 12.2 Å². The van der Waals surface area contributed by atoms with Gasteiger partial charge in [-0.05, 0) is 19.3 Å². The molecule has 0 N–H and O–H groups in total. The summed E-state index contributed by atoms with van der Waals surface area (Å²) < 4.78 is 9.78. The number of hydrogen-bond acceptors (Lipinski definition) is 4. The lowest BCUT2D eigenvalue weighted by Crippen LogP contribution is -2.20. The SMILES string of the molecule is C=C(C)C(=O)OCC(=O)OCC(CC)CCCC. The number of ether oxygens (including phenoxy) is 2. The topological polar surface area (TPSA) is 52.6 Å². The van der Waals surface area contributed by atoms with Crippen LogP contribution in [0.25, 0.3) is 0 Å². The zero-order chi connectivity index (χ0) is 14.0. The molecule has 0 aliphatic carbocycles. The summed E-state index contributed by atoms with van der Waals surface area (Å²) in [7, 11) is 0. The number of rotatable bonds is 9. The van der Waals surface area contributed by atoms with Crippen LogP contribution < -0.4 is 0 Å². The van der Waals surface area contributed by atoms with Crippen molar-refractivity contribution in [2.24, 2.45) is 5.92 Å². The fourth-order valence-corrected chi connectivity index (χ4v) is 1.40. The first-order chi connectivity index (χ1) is 8.51. The Morgan fingerprint density at radius 3 is 2.39 bits per heavy atom. The molecule has 0 aromatic rings. The highest BCUT2D eigenvalue weighted by molar-refractivity contribution is 5.88. The maximum absolute atomic E-state index is 11.3. The molecule has 0 bridgehead atoms. The van der Waals surface area contributed by atoms with Crippen molar-refractivity contribution < 1.29 is 19.1 Å². The van der Waals surface area contributed by atoms with E-state index in [9.17, 15) is 9.59 Å². The molecule has 1 atom stereocenters. The van der Waals surface area contributed by atoms with Gasteiger partial charge in [-0.15, -0.1) is 0 Å². The van der Waals surface area contributed by atoms with Crippen LogP contribution in [0.2, 0.25) is 0 Å². The molecule has 0 spiro atoms. The monoisotopic (exact) mass is 256 g/mol. The molecule has 0 aliphatic heterocycles. The van der Waals surface area contributed by atoms with E-state index in [1.807, 2.05) is 0 Å². The number of hydrogen-bond donors (Lipinski definition) is 0. The molecule has 0 radical (unpaired) electrons. The summed E-state index contributed by atoms with van der Waals surface area (Å²) in [5, 5.41) is 0. The predicted molar refractivity (Wildman–Crippen MR) is 70.0 cm³/mol. The Morgan fingerprint density at radius 2 is 1.89 bits per heavy atom. The zero-order valence-electron chi connectivity index (χ0n) is 11.7. The summed E-state index contributed by atoms with van der Waals surface area (Å²) in [5.74, 6) is -0.671. The summed E-state index contributed by atoms with van der Waals surface area (Å²) in [6.45, 7) is 9.24. The van der Waals surface area contributed by atoms with Gasteiger partial charge in [0.1, 0.15) is 0 Å². The highest BCUT2D eigenvalue weighted by Crippen LogP contribution is 2.12. The predicted octanol–water partition coefficient (Wildman–Crippen LogP) is 2.87. The van der Waals surface area contributed by atoms with Crippen LogP contribution in [0.1, 0.15) is 46.5 Å². The third-order valence-electron chi connectivity index (χ3n) is 2.69. The summed E-state index contributed by atoms with van der Waals surface area (Å²) in [6.07, 6.45) is 4.33. The van der Waals surface area contributed by atoms with E-state index in [4.69, 9.17) is 9.47 Å². The Balaban J connectivity index is 3.80. The summed E-state index contributed by atoms with van der Waals surface area (Å²) >= 11 is 0. The molecule has 0 fully saturated rings. The van der Waals surface area contributed by atoms with E-state index in [1.54, 1.807) is 0 Å². The molecule has 1 unspecified atom stereocenters. The van der Waals surface area contributed by atoms with Crippen molar-refractivity contribution in [2.75, 3.05) is 13.2 Å². The average Bonchev–Trinajstić information content (AvgIpc) is 2.35. The van der Waals surface area contributed by atoms with Crippen LogP contribution in [0.5, 0.6) is 0 Å². The van der Waals surface area contributed by atoms with E-state index in [1.165, 1.54) is 6.92 Å². The van der Waals surface area contributed by atoms with Crippen LogP contribution in [-0.4, -0.2) is 25.2 Å². The Kier molecular flexibility index (Phi) is 8.97. The van der Waals surface area contributed by atoms with Crippen LogP contribution in [0.4, 0.5) is 0 Å². The van der Waals surface area contributed by atoms with Crippen molar-refractivity contribution in [3.05, 3.63) is 12.2 Å². The lowest BCUT2D eigenvalue weighted by atomic mass is 10.0. The summed E-state index contributed by atoms with van der Waals surface area (Å²) in [6, 6.07) is 0. The molecule has 104 valence electrons. The smallest absolute Gasteiger partial charge is 0.344 e. The molecular weight excluding hydrogens is 232 g/mol. The van der Waals surface area contributed by atoms with Gasteiger partial charge in [0.2, 0.25) is 0 Å². The van der Waals surface area contributed by atoms with E-state index in [0.29, 0.717) is 12.5 Å². The van der Waals surface area contributed by atoms with Gasteiger partial charge in [0.25, 0.3) is 0 Å². The van der Waals surface area contributed by atoms with Gasteiger partial charge in [-0.3, -0.25) is 0 Å². The van der Waals surface area contributed by atoms with Gasteiger partial charge in [0, 0.05) is 5.57 Å². The van der Waals surface area contributed by atoms with Crippen LogP contribution in [0, 0.1) is 5.92 Å². The van der Waals surface area contributed by atoms with Crippen molar-refractivity contribution in [1.82, 2.24) is 0 Å². The molecule has 0 saturated carbocycles. The minimum atomic E-state index is -0.565. The Morgan fingerprint density at radius 1 is 1.22 bits per heavy atom. The second-order valence-electron chi connectivity index (χ2n) is 4.46. The van der Waals surface area contributed by atoms with Gasteiger partial charge in [0.15, 0.2) is 6.61 Å². The maximum atomic E-state index is 11.3. The average molecular weight is 256 g/mol. The third-order valence-corrected chi connectivity index (χ3v) is 2.69. The van der Waals surface area contributed by atoms with Crippen molar-refractivity contribution in [1.29, 1.82) is 0 Å². The second kappa shape index (κ2) is 9.68. The fraction of sp³-hybridized carbons (Fsp3) is 0.714. The summed E-state index contributed by atoms with van der Waals surface area (Å²) in [5.41, 5.74) is 0.275. The first-order valence-corrected chi connectivity index (χ1v) is 6.49. The fourth-order valence-electron chi connectivity index (χ4n) is 1.40. The van der Waals surface area contributed by atoms with Crippen molar-refractivity contribution in [3.63, 3.8) is 0 Å². The van der Waals surface area contributed by atoms with Gasteiger partial charge in [-0.1, -0.05) is 39.7 Å². The van der Waals surface area contributed by atoms with Gasteiger partial charge < -0.3 is 9.47 Å². The van der Waals surface area contributed by atoms with E-state index < -0.39 is 11.9 Å². The third kappa shape index (κ3) is 7.87. The largest absolute Gasteiger partial charge is 0.463 e. The number of esters is 2. The normalized spacial score (nSPS) is 11.7. The lowest BCUT2D eigenvalue weighted by molar-refractivity contribution is -0.157. The second-order valence-corrected chi connectivity index (χ2v) is 4.46. The van der Waals surface area contributed by atoms with Crippen molar-refractivity contribution >= 4 is 11.9 Å². The first kappa shape index (κ1) is 16.7. The van der Waals surface area contributed by atoms with Crippen molar-refractivity contribution in [3.8, 4) is 0 Å². The highest BCUT2D eigenvalue weighted by Gasteiger charge is 2.12. The van der Waals surface area contributed by atoms with Gasteiger partial charge in [0.05, 0.1) is 6.61 Å².